The Morgan fingerprint density at radius 1 is 0.939 bits per heavy atom. The molecule has 0 aliphatic carbocycles. The average molecular weight is 453 g/mol. The molecule has 5 rings (SSSR count). The van der Waals surface area contributed by atoms with Gasteiger partial charge in [-0.05, 0) is 37.5 Å². The minimum atomic E-state index is -0.977. The Kier molecular flexibility index (Phi) is 5.61. The van der Waals surface area contributed by atoms with Gasteiger partial charge in [0, 0.05) is 51.4 Å². The third-order valence-corrected chi connectivity index (χ3v) is 6.99. The number of carbonyl (C=O) groups is 5. The second-order valence-electron chi connectivity index (χ2n) is 9.04. The fraction of sp³-hybridized carbons (Fsp3) is 0.522. The molecule has 2 unspecified atom stereocenters. The lowest BCUT2D eigenvalue weighted by Crippen LogP contribution is -2.54. The van der Waals surface area contributed by atoms with Gasteiger partial charge in [0.15, 0.2) is 0 Å². The molecule has 3 fully saturated rings. The number of benzene rings is 1. The van der Waals surface area contributed by atoms with Crippen LogP contribution < -0.4 is 15.5 Å². The van der Waals surface area contributed by atoms with Crippen LogP contribution in [0.2, 0.25) is 0 Å². The topological polar surface area (TPSA) is 119 Å². The van der Waals surface area contributed by atoms with Crippen LogP contribution in [0.15, 0.2) is 18.2 Å². The highest BCUT2D eigenvalue weighted by Gasteiger charge is 2.45. The molecule has 0 bridgehead atoms. The summed E-state index contributed by atoms with van der Waals surface area (Å²) in [6, 6.07) is 4.14. The smallest absolute Gasteiger partial charge is 0.262 e. The summed E-state index contributed by atoms with van der Waals surface area (Å²) < 4.78 is 0. The molecule has 0 radical (unpaired) electrons. The number of anilines is 1. The molecular weight excluding hydrogens is 426 g/mol. The third kappa shape index (κ3) is 3.88. The molecule has 3 saturated heterocycles. The number of carbonyl (C=O) groups excluding carboxylic acids is 5. The van der Waals surface area contributed by atoms with Crippen LogP contribution in [0.25, 0.3) is 0 Å². The monoisotopic (exact) mass is 453 g/mol. The zero-order valence-corrected chi connectivity index (χ0v) is 18.3. The van der Waals surface area contributed by atoms with Crippen molar-refractivity contribution in [2.45, 2.75) is 31.7 Å². The van der Waals surface area contributed by atoms with Crippen molar-refractivity contribution in [3.8, 4) is 0 Å². The average Bonchev–Trinajstić information content (AvgIpc) is 3.09. The molecule has 0 saturated carbocycles. The van der Waals surface area contributed by atoms with Gasteiger partial charge in [-0.2, -0.15) is 0 Å². The summed E-state index contributed by atoms with van der Waals surface area (Å²) in [7, 11) is 0. The SMILES string of the molecule is O=C1CCC(N2C(=O)c3ccc(N4CCCC(C(=O)N5CCNCC5)C4)cc3C2=O)C(=O)N1. The Morgan fingerprint density at radius 2 is 1.70 bits per heavy atom. The van der Waals surface area contributed by atoms with Crippen LogP contribution in [0.4, 0.5) is 5.69 Å². The van der Waals surface area contributed by atoms with Crippen molar-refractivity contribution >= 4 is 35.2 Å². The fourth-order valence-corrected chi connectivity index (χ4v) is 5.21. The van der Waals surface area contributed by atoms with E-state index in [1.54, 1.807) is 18.2 Å². The number of hydrogen-bond acceptors (Lipinski definition) is 7. The van der Waals surface area contributed by atoms with Crippen LogP contribution in [0.3, 0.4) is 0 Å². The van der Waals surface area contributed by atoms with E-state index in [4.69, 9.17) is 0 Å². The molecule has 0 aromatic heterocycles. The number of nitrogens with one attached hydrogen (secondary N) is 2. The van der Waals surface area contributed by atoms with Crippen LogP contribution >= 0.6 is 0 Å². The van der Waals surface area contributed by atoms with Gasteiger partial charge >= 0.3 is 0 Å². The van der Waals surface area contributed by atoms with Gasteiger partial charge in [0.2, 0.25) is 17.7 Å². The maximum absolute atomic E-state index is 13.1. The molecule has 174 valence electrons. The minimum absolute atomic E-state index is 0.0886. The molecule has 4 aliphatic rings. The second-order valence-corrected chi connectivity index (χ2v) is 9.04. The summed E-state index contributed by atoms with van der Waals surface area (Å²) in [6.07, 6.45) is 1.93. The summed E-state index contributed by atoms with van der Waals surface area (Å²) in [5.41, 5.74) is 1.31. The van der Waals surface area contributed by atoms with E-state index in [9.17, 15) is 24.0 Å². The van der Waals surface area contributed by atoms with Crippen molar-refractivity contribution in [1.29, 1.82) is 0 Å². The molecule has 1 aromatic carbocycles. The first kappa shape index (κ1) is 21.6. The van der Waals surface area contributed by atoms with Crippen molar-refractivity contribution < 1.29 is 24.0 Å². The van der Waals surface area contributed by atoms with Gasteiger partial charge in [0.25, 0.3) is 11.8 Å². The summed E-state index contributed by atoms with van der Waals surface area (Å²) in [5, 5.41) is 5.47. The van der Waals surface area contributed by atoms with Crippen molar-refractivity contribution in [1.82, 2.24) is 20.4 Å². The fourth-order valence-electron chi connectivity index (χ4n) is 5.21. The van der Waals surface area contributed by atoms with Gasteiger partial charge < -0.3 is 15.1 Å². The molecule has 2 N–H and O–H groups in total. The Labute approximate surface area is 191 Å². The third-order valence-electron chi connectivity index (χ3n) is 6.99. The zero-order chi connectivity index (χ0) is 23.1. The first-order chi connectivity index (χ1) is 15.9. The maximum Gasteiger partial charge on any atom is 0.262 e. The zero-order valence-electron chi connectivity index (χ0n) is 18.3. The van der Waals surface area contributed by atoms with Gasteiger partial charge in [-0.1, -0.05) is 0 Å². The minimum Gasteiger partial charge on any atom is -0.371 e. The number of hydrogen-bond donors (Lipinski definition) is 2. The standard InChI is InChI=1S/C23H27N5O5/c29-19-6-5-18(20(30)25-19)28-22(32)16-4-3-15(12-17(16)23(28)33)27-9-1-2-14(13-27)21(31)26-10-7-24-8-11-26/h3-4,12,14,18,24H,1-2,5-11,13H2,(H,25,29,30). The quantitative estimate of drug-likeness (QED) is 0.605. The maximum atomic E-state index is 13.1. The number of rotatable bonds is 3. The van der Waals surface area contributed by atoms with Crippen molar-refractivity contribution in [3.05, 3.63) is 29.3 Å². The number of imide groups is 2. The van der Waals surface area contributed by atoms with Crippen LogP contribution in [0.5, 0.6) is 0 Å². The largest absolute Gasteiger partial charge is 0.371 e. The van der Waals surface area contributed by atoms with Crippen molar-refractivity contribution in [2.24, 2.45) is 5.92 Å². The summed E-state index contributed by atoms with van der Waals surface area (Å²) in [4.78, 5) is 67.7. The predicted octanol–water partition coefficient (Wildman–Crippen LogP) is -0.264. The summed E-state index contributed by atoms with van der Waals surface area (Å²) in [6.45, 7) is 4.41. The van der Waals surface area contributed by atoms with E-state index < -0.39 is 29.7 Å². The first-order valence-electron chi connectivity index (χ1n) is 11.5. The lowest BCUT2D eigenvalue weighted by Gasteiger charge is -2.37. The molecule has 10 heteroatoms. The van der Waals surface area contributed by atoms with E-state index in [0.29, 0.717) is 6.54 Å². The first-order valence-corrected chi connectivity index (χ1v) is 11.5. The lowest BCUT2D eigenvalue weighted by molar-refractivity contribution is -0.137. The van der Waals surface area contributed by atoms with Crippen LogP contribution in [0, 0.1) is 5.92 Å². The molecule has 33 heavy (non-hydrogen) atoms. The Hall–Kier alpha value is -3.27. The molecule has 4 aliphatic heterocycles. The molecule has 10 nitrogen and oxygen atoms in total. The van der Waals surface area contributed by atoms with Gasteiger partial charge in [0.05, 0.1) is 17.0 Å². The molecule has 4 heterocycles. The summed E-state index contributed by atoms with van der Waals surface area (Å²) >= 11 is 0. The number of piperazine rings is 1. The second kappa shape index (κ2) is 8.58. The van der Waals surface area contributed by atoms with Crippen LogP contribution in [-0.4, -0.2) is 84.6 Å². The van der Waals surface area contributed by atoms with E-state index in [1.807, 2.05) is 4.90 Å². The predicted molar refractivity (Wildman–Crippen MR) is 118 cm³/mol. The highest BCUT2D eigenvalue weighted by Crippen LogP contribution is 2.32. The van der Waals surface area contributed by atoms with Gasteiger partial charge in [-0.15, -0.1) is 0 Å². The Balaban J connectivity index is 1.33. The molecular formula is C23H27N5O5. The van der Waals surface area contributed by atoms with Crippen LogP contribution in [0.1, 0.15) is 46.4 Å². The van der Waals surface area contributed by atoms with Crippen LogP contribution in [-0.2, 0) is 14.4 Å². The van der Waals surface area contributed by atoms with E-state index >= 15 is 0 Å². The number of amides is 5. The molecule has 1 aromatic rings. The lowest BCUT2D eigenvalue weighted by atomic mass is 9.95. The van der Waals surface area contributed by atoms with Crippen molar-refractivity contribution in [2.75, 3.05) is 44.2 Å². The van der Waals surface area contributed by atoms with Gasteiger partial charge in [-0.3, -0.25) is 34.2 Å². The van der Waals surface area contributed by atoms with E-state index in [-0.39, 0.29) is 35.8 Å². The highest BCUT2D eigenvalue weighted by atomic mass is 16.2. The van der Waals surface area contributed by atoms with Gasteiger partial charge in [-0.25, -0.2) is 0 Å². The summed E-state index contributed by atoms with van der Waals surface area (Å²) in [5.74, 6) is -1.96. The van der Waals surface area contributed by atoms with E-state index in [2.05, 4.69) is 15.5 Å². The number of nitrogens with zero attached hydrogens (tertiary/aromatic N) is 3. The van der Waals surface area contributed by atoms with Gasteiger partial charge in [0.1, 0.15) is 6.04 Å². The Bertz CT molecular complexity index is 1030. The molecule has 2 atom stereocenters. The molecule has 0 spiro atoms. The number of piperidine rings is 2. The number of fused-ring (bicyclic) bond motifs is 1. The Morgan fingerprint density at radius 3 is 2.45 bits per heavy atom. The van der Waals surface area contributed by atoms with E-state index in [1.165, 1.54) is 0 Å². The molecule has 5 amide bonds. The van der Waals surface area contributed by atoms with Crippen molar-refractivity contribution in [3.63, 3.8) is 0 Å². The van der Waals surface area contributed by atoms with E-state index in [0.717, 1.165) is 56.2 Å². The normalized spacial score (nSPS) is 25.9. The highest BCUT2D eigenvalue weighted by molar-refractivity contribution is 6.23.